The molecule has 4 rings (SSSR count). The number of nitrogens with one attached hydrogen (secondary N) is 1. The van der Waals surface area contributed by atoms with E-state index in [9.17, 15) is 0 Å². The lowest BCUT2D eigenvalue weighted by Gasteiger charge is -2.32. The number of benzene rings is 1. The number of halogens is 1. The van der Waals surface area contributed by atoms with Crippen LogP contribution in [0.25, 0.3) is 0 Å². The molecule has 0 amide bonds. The van der Waals surface area contributed by atoms with Gasteiger partial charge in [-0.1, -0.05) is 18.2 Å². The van der Waals surface area contributed by atoms with Gasteiger partial charge in [-0.25, -0.2) is 0 Å². The first-order valence-corrected chi connectivity index (χ1v) is 8.61. The summed E-state index contributed by atoms with van der Waals surface area (Å²) >= 11 is 0. The molecule has 0 atom stereocenters. The van der Waals surface area contributed by atoms with E-state index < -0.39 is 0 Å². The molecule has 2 aromatic rings. The van der Waals surface area contributed by atoms with E-state index >= 15 is 0 Å². The molecule has 3 heterocycles. The number of fused-ring (bicyclic) bond motifs is 1. The van der Waals surface area contributed by atoms with Crippen LogP contribution in [0, 0.1) is 0 Å². The smallest absolute Gasteiger partial charge is 0.231 e. The molecule has 1 saturated heterocycles. The van der Waals surface area contributed by atoms with Crippen LogP contribution in [0.15, 0.2) is 42.6 Å². The molecular formula is C19H24ClN3O2. The van der Waals surface area contributed by atoms with Crippen LogP contribution in [0.3, 0.4) is 0 Å². The molecule has 2 aliphatic rings. The first kappa shape index (κ1) is 18.0. The third kappa shape index (κ3) is 4.42. The minimum Gasteiger partial charge on any atom is -0.454 e. The van der Waals surface area contributed by atoms with E-state index in [1.165, 1.54) is 18.4 Å². The summed E-state index contributed by atoms with van der Waals surface area (Å²) in [6.07, 6.45) is 4.20. The van der Waals surface area contributed by atoms with Gasteiger partial charge in [-0.2, -0.15) is 0 Å². The lowest BCUT2D eigenvalue weighted by molar-refractivity contribution is 0.172. The molecule has 0 saturated carbocycles. The number of piperidine rings is 1. The monoisotopic (exact) mass is 361 g/mol. The molecule has 0 bridgehead atoms. The summed E-state index contributed by atoms with van der Waals surface area (Å²) in [6, 6.07) is 12.8. The van der Waals surface area contributed by atoms with E-state index in [2.05, 4.69) is 33.4 Å². The average molecular weight is 362 g/mol. The molecule has 134 valence electrons. The van der Waals surface area contributed by atoms with Crippen LogP contribution in [0.2, 0.25) is 0 Å². The number of para-hydroxylation sites is 1. The van der Waals surface area contributed by atoms with Gasteiger partial charge in [-0.05, 0) is 31.0 Å². The van der Waals surface area contributed by atoms with Crippen molar-refractivity contribution in [1.82, 2.24) is 15.2 Å². The average Bonchev–Trinajstić information content (AvgIpc) is 3.11. The van der Waals surface area contributed by atoms with Gasteiger partial charge in [0, 0.05) is 44.0 Å². The van der Waals surface area contributed by atoms with Crippen molar-refractivity contribution in [3.05, 3.63) is 53.9 Å². The summed E-state index contributed by atoms with van der Waals surface area (Å²) in [7, 11) is 0. The fourth-order valence-electron chi connectivity index (χ4n) is 3.40. The summed E-state index contributed by atoms with van der Waals surface area (Å²) < 4.78 is 11.0. The van der Waals surface area contributed by atoms with Crippen molar-refractivity contribution in [2.45, 2.75) is 32.0 Å². The molecular weight excluding hydrogens is 338 g/mol. The molecule has 1 aromatic heterocycles. The second kappa shape index (κ2) is 8.52. The highest BCUT2D eigenvalue weighted by Crippen LogP contribution is 2.35. The Morgan fingerprint density at radius 1 is 1.08 bits per heavy atom. The highest BCUT2D eigenvalue weighted by atomic mass is 35.5. The van der Waals surface area contributed by atoms with Gasteiger partial charge in [-0.3, -0.25) is 9.88 Å². The molecule has 1 aromatic carbocycles. The predicted octanol–water partition coefficient (Wildman–Crippen LogP) is 2.99. The zero-order valence-electron chi connectivity index (χ0n) is 14.2. The SMILES string of the molecule is Cl.c1ccc(CN2CCC(NCc3cccc4c3OCO4)CC2)nc1. The van der Waals surface area contributed by atoms with Gasteiger partial charge in [0.15, 0.2) is 11.5 Å². The number of hydrogen-bond acceptors (Lipinski definition) is 5. The Labute approximate surface area is 154 Å². The summed E-state index contributed by atoms with van der Waals surface area (Å²) in [5, 5.41) is 3.67. The number of hydrogen-bond donors (Lipinski definition) is 1. The van der Waals surface area contributed by atoms with E-state index in [1.54, 1.807) is 0 Å². The Bertz CT molecular complexity index is 676. The van der Waals surface area contributed by atoms with Crippen LogP contribution >= 0.6 is 12.4 Å². The van der Waals surface area contributed by atoms with E-state index in [-0.39, 0.29) is 12.4 Å². The summed E-state index contributed by atoms with van der Waals surface area (Å²) in [6.45, 7) is 4.34. The van der Waals surface area contributed by atoms with Crippen molar-refractivity contribution >= 4 is 12.4 Å². The summed E-state index contributed by atoms with van der Waals surface area (Å²) in [4.78, 5) is 6.90. The predicted molar refractivity (Wildman–Crippen MR) is 99.2 cm³/mol. The maximum absolute atomic E-state index is 5.58. The zero-order valence-corrected chi connectivity index (χ0v) is 15.0. The van der Waals surface area contributed by atoms with Crippen molar-refractivity contribution in [3.8, 4) is 11.5 Å². The summed E-state index contributed by atoms with van der Waals surface area (Å²) in [5.74, 6) is 1.76. The van der Waals surface area contributed by atoms with Crippen LogP contribution in [-0.2, 0) is 13.1 Å². The second-order valence-corrected chi connectivity index (χ2v) is 6.40. The highest BCUT2D eigenvalue weighted by Gasteiger charge is 2.21. The Balaban J connectivity index is 0.00000182. The lowest BCUT2D eigenvalue weighted by atomic mass is 10.0. The Morgan fingerprint density at radius 3 is 2.76 bits per heavy atom. The van der Waals surface area contributed by atoms with Gasteiger partial charge in [-0.15, -0.1) is 12.4 Å². The van der Waals surface area contributed by atoms with E-state index in [4.69, 9.17) is 9.47 Å². The number of aromatic nitrogens is 1. The number of nitrogens with zero attached hydrogens (tertiary/aromatic N) is 2. The fraction of sp³-hybridized carbons (Fsp3) is 0.421. The van der Waals surface area contributed by atoms with E-state index in [0.717, 1.165) is 43.4 Å². The minimum atomic E-state index is 0. The normalized spacial score (nSPS) is 17.3. The van der Waals surface area contributed by atoms with Gasteiger partial charge in [0.1, 0.15) is 0 Å². The van der Waals surface area contributed by atoms with Crippen LogP contribution in [0.4, 0.5) is 0 Å². The fourth-order valence-corrected chi connectivity index (χ4v) is 3.40. The van der Waals surface area contributed by atoms with E-state index in [0.29, 0.717) is 12.8 Å². The van der Waals surface area contributed by atoms with Gasteiger partial charge in [0.2, 0.25) is 6.79 Å². The molecule has 0 unspecified atom stereocenters. The quantitative estimate of drug-likeness (QED) is 0.887. The minimum absolute atomic E-state index is 0. The van der Waals surface area contributed by atoms with Gasteiger partial charge in [0.25, 0.3) is 0 Å². The van der Waals surface area contributed by atoms with Crippen LogP contribution in [0.5, 0.6) is 11.5 Å². The van der Waals surface area contributed by atoms with Gasteiger partial charge < -0.3 is 14.8 Å². The third-order valence-electron chi connectivity index (χ3n) is 4.76. The molecule has 1 N–H and O–H groups in total. The third-order valence-corrected chi connectivity index (χ3v) is 4.76. The molecule has 6 heteroatoms. The number of likely N-dealkylation sites (tertiary alicyclic amines) is 1. The van der Waals surface area contributed by atoms with Crippen molar-refractivity contribution in [1.29, 1.82) is 0 Å². The maximum Gasteiger partial charge on any atom is 0.231 e. The number of pyridine rings is 1. The van der Waals surface area contributed by atoms with E-state index in [1.807, 2.05) is 24.4 Å². The molecule has 0 aliphatic carbocycles. The highest BCUT2D eigenvalue weighted by molar-refractivity contribution is 5.85. The largest absolute Gasteiger partial charge is 0.454 e. The first-order valence-electron chi connectivity index (χ1n) is 8.61. The number of ether oxygens (including phenoxy) is 2. The topological polar surface area (TPSA) is 46.6 Å². The van der Waals surface area contributed by atoms with Crippen LogP contribution < -0.4 is 14.8 Å². The second-order valence-electron chi connectivity index (χ2n) is 6.40. The Kier molecular flexibility index (Phi) is 6.13. The van der Waals surface area contributed by atoms with Crippen molar-refractivity contribution in [3.63, 3.8) is 0 Å². The van der Waals surface area contributed by atoms with Crippen molar-refractivity contribution in [2.75, 3.05) is 19.9 Å². The standard InChI is InChI=1S/C19H23N3O2.ClH/c1-2-9-20-17(5-1)13-22-10-7-16(8-11-22)21-12-15-4-3-6-18-19(15)24-14-23-18;/h1-6,9,16,21H,7-8,10-14H2;1H. The Morgan fingerprint density at radius 2 is 1.96 bits per heavy atom. The van der Waals surface area contributed by atoms with Crippen LogP contribution in [-0.4, -0.2) is 35.8 Å². The first-order chi connectivity index (χ1) is 11.9. The molecule has 2 aliphatic heterocycles. The van der Waals surface area contributed by atoms with Gasteiger partial charge >= 0.3 is 0 Å². The summed E-state index contributed by atoms with van der Waals surface area (Å²) in [5.41, 5.74) is 2.34. The lowest BCUT2D eigenvalue weighted by Crippen LogP contribution is -2.42. The molecule has 0 radical (unpaired) electrons. The Hall–Kier alpha value is -1.82. The van der Waals surface area contributed by atoms with Crippen LogP contribution in [0.1, 0.15) is 24.1 Å². The molecule has 25 heavy (non-hydrogen) atoms. The zero-order chi connectivity index (χ0) is 16.2. The molecule has 1 fully saturated rings. The molecule has 0 spiro atoms. The number of rotatable bonds is 5. The maximum atomic E-state index is 5.58. The van der Waals surface area contributed by atoms with Gasteiger partial charge in [0.05, 0.1) is 5.69 Å². The van der Waals surface area contributed by atoms with Crippen molar-refractivity contribution in [2.24, 2.45) is 0 Å². The van der Waals surface area contributed by atoms with Crippen molar-refractivity contribution < 1.29 is 9.47 Å². The molecule has 5 nitrogen and oxygen atoms in total.